The van der Waals surface area contributed by atoms with E-state index in [1.807, 2.05) is 42.5 Å². The highest BCUT2D eigenvalue weighted by Crippen LogP contribution is 2.23. The number of hydrogen-bond acceptors (Lipinski definition) is 3. The molecule has 1 unspecified atom stereocenters. The molecule has 3 N–H and O–H groups in total. The first kappa shape index (κ1) is 14.6. The summed E-state index contributed by atoms with van der Waals surface area (Å²) in [6.07, 6.45) is 0.911. The van der Waals surface area contributed by atoms with E-state index in [-0.39, 0.29) is 24.4 Å². The minimum Gasteiger partial charge on any atom is -0.508 e. The molecule has 106 valence electrons. The molecule has 0 bridgehead atoms. The molecule has 0 aliphatic heterocycles. The van der Waals surface area contributed by atoms with Gasteiger partial charge in [0.2, 0.25) is 0 Å². The summed E-state index contributed by atoms with van der Waals surface area (Å²) in [6, 6.07) is 17.2. The molecule has 0 heterocycles. The lowest BCUT2D eigenvalue weighted by atomic mass is 10.0. The minimum atomic E-state index is -0.0880. The van der Waals surface area contributed by atoms with Crippen molar-refractivity contribution in [2.75, 3.05) is 6.61 Å². The van der Waals surface area contributed by atoms with Crippen LogP contribution in [0.4, 0.5) is 0 Å². The Morgan fingerprint density at radius 2 is 1.50 bits per heavy atom. The van der Waals surface area contributed by atoms with Crippen molar-refractivity contribution in [3.63, 3.8) is 0 Å². The molecule has 2 aromatic carbocycles. The van der Waals surface area contributed by atoms with Crippen LogP contribution in [0.25, 0.3) is 0 Å². The Hall–Kier alpha value is -1.84. The van der Waals surface area contributed by atoms with Crippen LogP contribution in [0.2, 0.25) is 0 Å². The zero-order valence-corrected chi connectivity index (χ0v) is 11.7. The van der Waals surface area contributed by atoms with Gasteiger partial charge in [0.15, 0.2) is 0 Å². The Labute approximate surface area is 119 Å². The fourth-order valence-electron chi connectivity index (χ4n) is 2.34. The quantitative estimate of drug-likeness (QED) is 0.756. The molecule has 0 fully saturated rings. The van der Waals surface area contributed by atoms with Crippen molar-refractivity contribution >= 4 is 0 Å². The van der Waals surface area contributed by atoms with Crippen LogP contribution in [-0.4, -0.2) is 16.8 Å². The molecule has 3 nitrogen and oxygen atoms in total. The summed E-state index contributed by atoms with van der Waals surface area (Å²) in [6.45, 7) is 2.16. The van der Waals surface area contributed by atoms with Crippen molar-refractivity contribution in [1.82, 2.24) is 5.32 Å². The van der Waals surface area contributed by atoms with Crippen molar-refractivity contribution in [2.45, 2.75) is 25.4 Å². The molecule has 2 aromatic rings. The molecule has 0 spiro atoms. The third-order valence-corrected chi connectivity index (χ3v) is 3.49. The number of phenols is 1. The summed E-state index contributed by atoms with van der Waals surface area (Å²) in [5.74, 6) is 0.269. The molecule has 20 heavy (non-hydrogen) atoms. The number of nitrogens with one attached hydrogen (secondary N) is 1. The second kappa shape index (κ2) is 7.08. The molecule has 2 atom stereocenters. The third kappa shape index (κ3) is 3.59. The molecule has 0 radical (unpaired) electrons. The van der Waals surface area contributed by atoms with Crippen molar-refractivity contribution < 1.29 is 10.2 Å². The minimum absolute atomic E-state index is 0.0542. The van der Waals surface area contributed by atoms with Gasteiger partial charge in [0.25, 0.3) is 0 Å². The lowest BCUT2D eigenvalue weighted by Crippen LogP contribution is -2.28. The van der Waals surface area contributed by atoms with Gasteiger partial charge in [0.1, 0.15) is 5.75 Å². The lowest BCUT2D eigenvalue weighted by Gasteiger charge is -2.24. The molecular formula is C17H21NO2. The monoisotopic (exact) mass is 271 g/mol. The zero-order valence-electron chi connectivity index (χ0n) is 11.7. The van der Waals surface area contributed by atoms with E-state index in [9.17, 15) is 10.2 Å². The molecule has 0 aliphatic rings. The Morgan fingerprint density at radius 1 is 0.900 bits per heavy atom. The van der Waals surface area contributed by atoms with E-state index >= 15 is 0 Å². The third-order valence-electron chi connectivity index (χ3n) is 3.49. The van der Waals surface area contributed by atoms with E-state index in [0.717, 1.165) is 17.5 Å². The van der Waals surface area contributed by atoms with Gasteiger partial charge in [0.05, 0.1) is 12.6 Å². The molecule has 0 saturated carbocycles. The van der Waals surface area contributed by atoms with Crippen LogP contribution in [0, 0.1) is 0 Å². The van der Waals surface area contributed by atoms with Crippen LogP contribution in [0.5, 0.6) is 5.75 Å². The number of aromatic hydroxyl groups is 1. The number of hydrogen-bond donors (Lipinski definition) is 3. The maximum absolute atomic E-state index is 9.61. The van der Waals surface area contributed by atoms with Crippen LogP contribution in [-0.2, 0) is 0 Å². The van der Waals surface area contributed by atoms with Gasteiger partial charge in [-0.1, -0.05) is 49.4 Å². The predicted octanol–water partition coefficient (Wildman–Crippen LogP) is 3.17. The molecule has 0 aliphatic carbocycles. The molecule has 0 saturated heterocycles. The fraction of sp³-hybridized carbons (Fsp3) is 0.294. The van der Waals surface area contributed by atoms with Gasteiger partial charge in [0, 0.05) is 6.04 Å². The van der Waals surface area contributed by atoms with Crippen molar-refractivity contribution in [1.29, 1.82) is 0 Å². The van der Waals surface area contributed by atoms with Gasteiger partial charge >= 0.3 is 0 Å². The highest BCUT2D eigenvalue weighted by Gasteiger charge is 2.16. The first-order valence-corrected chi connectivity index (χ1v) is 6.95. The smallest absolute Gasteiger partial charge is 0.115 e. The van der Waals surface area contributed by atoms with Gasteiger partial charge in [-0.05, 0) is 29.7 Å². The topological polar surface area (TPSA) is 52.5 Å². The molecule has 0 aromatic heterocycles. The van der Waals surface area contributed by atoms with Gasteiger partial charge in [-0.3, -0.25) is 0 Å². The van der Waals surface area contributed by atoms with E-state index in [0.29, 0.717) is 0 Å². The number of aliphatic hydroxyl groups is 1. The maximum Gasteiger partial charge on any atom is 0.115 e. The van der Waals surface area contributed by atoms with E-state index in [2.05, 4.69) is 12.2 Å². The molecular weight excluding hydrogens is 250 g/mol. The number of rotatable bonds is 6. The number of phenolic OH excluding ortho intramolecular Hbond substituents is 1. The Kier molecular flexibility index (Phi) is 5.16. The van der Waals surface area contributed by atoms with Crippen molar-refractivity contribution in [2.24, 2.45) is 0 Å². The molecule has 0 amide bonds. The molecule has 2 rings (SSSR count). The largest absolute Gasteiger partial charge is 0.508 e. The summed E-state index contributed by atoms with van der Waals surface area (Å²) in [5.41, 5.74) is 2.19. The van der Waals surface area contributed by atoms with Crippen molar-refractivity contribution in [3.05, 3.63) is 65.7 Å². The maximum atomic E-state index is 9.61. The lowest BCUT2D eigenvalue weighted by molar-refractivity contribution is 0.232. The summed E-state index contributed by atoms with van der Waals surface area (Å²) >= 11 is 0. The van der Waals surface area contributed by atoms with Crippen molar-refractivity contribution in [3.8, 4) is 5.75 Å². The fourth-order valence-corrected chi connectivity index (χ4v) is 2.34. The van der Waals surface area contributed by atoms with E-state index in [1.165, 1.54) is 0 Å². The number of benzene rings is 2. The SMILES string of the molecule is CCC(N[C@H](CO)c1ccccc1)c1ccc(O)cc1. The summed E-state index contributed by atoms with van der Waals surface area (Å²) in [4.78, 5) is 0. The van der Waals surface area contributed by atoms with Gasteiger partial charge < -0.3 is 15.5 Å². The average Bonchev–Trinajstić information content (AvgIpc) is 2.51. The van der Waals surface area contributed by atoms with Crippen LogP contribution in [0.1, 0.15) is 36.6 Å². The van der Waals surface area contributed by atoms with E-state index in [4.69, 9.17) is 0 Å². The van der Waals surface area contributed by atoms with Crippen LogP contribution >= 0.6 is 0 Å². The summed E-state index contributed by atoms with van der Waals surface area (Å²) in [5, 5.41) is 22.4. The van der Waals surface area contributed by atoms with Crippen LogP contribution in [0.3, 0.4) is 0 Å². The zero-order chi connectivity index (χ0) is 14.4. The van der Waals surface area contributed by atoms with Crippen LogP contribution < -0.4 is 5.32 Å². The summed E-state index contributed by atoms with van der Waals surface area (Å²) in [7, 11) is 0. The Morgan fingerprint density at radius 3 is 2.05 bits per heavy atom. The Balaban J connectivity index is 2.14. The molecule has 3 heteroatoms. The van der Waals surface area contributed by atoms with E-state index in [1.54, 1.807) is 12.1 Å². The van der Waals surface area contributed by atoms with Gasteiger partial charge in [-0.15, -0.1) is 0 Å². The second-order valence-electron chi connectivity index (χ2n) is 4.86. The first-order valence-electron chi connectivity index (χ1n) is 6.95. The normalized spacial score (nSPS) is 13.9. The average molecular weight is 271 g/mol. The number of aliphatic hydroxyl groups excluding tert-OH is 1. The first-order chi connectivity index (χ1) is 9.74. The standard InChI is InChI=1S/C17H21NO2/c1-2-16(14-8-10-15(20)11-9-14)18-17(12-19)13-6-4-3-5-7-13/h3-11,16-20H,2,12H2,1H3/t16?,17-/m1/s1. The predicted molar refractivity (Wildman–Crippen MR) is 80.5 cm³/mol. The second-order valence-corrected chi connectivity index (χ2v) is 4.86. The van der Waals surface area contributed by atoms with Crippen LogP contribution in [0.15, 0.2) is 54.6 Å². The van der Waals surface area contributed by atoms with Gasteiger partial charge in [-0.2, -0.15) is 0 Å². The highest BCUT2D eigenvalue weighted by atomic mass is 16.3. The van der Waals surface area contributed by atoms with Gasteiger partial charge in [-0.25, -0.2) is 0 Å². The highest BCUT2D eigenvalue weighted by molar-refractivity contribution is 5.28. The Bertz CT molecular complexity index is 510. The summed E-state index contributed by atoms with van der Waals surface area (Å²) < 4.78 is 0. The van der Waals surface area contributed by atoms with E-state index < -0.39 is 0 Å².